The second-order valence-corrected chi connectivity index (χ2v) is 5.63. The van der Waals surface area contributed by atoms with Crippen LogP contribution in [0.15, 0.2) is 16.9 Å². The van der Waals surface area contributed by atoms with E-state index in [4.69, 9.17) is 15.0 Å². The van der Waals surface area contributed by atoms with Gasteiger partial charge in [0.2, 0.25) is 0 Å². The highest BCUT2D eigenvalue weighted by atomic mass is 16.5. The van der Waals surface area contributed by atoms with Gasteiger partial charge in [0.15, 0.2) is 11.6 Å². The summed E-state index contributed by atoms with van der Waals surface area (Å²) in [5.41, 5.74) is 8.56. The molecule has 0 aliphatic carbocycles. The summed E-state index contributed by atoms with van der Waals surface area (Å²) in [5.74, 6) is 1.50. The van der Waals surface area contributed by atoms with Gasteiger partial charge in [-0.05, 0) is 12.8 Å². The number of hydrogen-bond donors (Lipinski definition) is 1. The SMILES string of the molecule is Nc1nn(C2CCOCC2)c2c1CN(c1ccon1)CC2. The predicted octanol–water partition coefficient (Wildman–Crippen LogP) is 1.37. The van der Waals surface area contributed by atoms with Gasteiger partial charge in [-0.2, -0.15) is 5.10 Å². The van der Waals surface area contributed by atoms with E-state index in [0.29, 0.717) is 11.9 Å². The zero-order chi connectivity index (χ0) is 14.2. The maximum absolute atomic E-state index is 6.15. The Morgan fingerprint density at radius 1 is 1.29 bits per heavy atom. The van der Waals surface area contributed by atoms with Crippen LogP contribution in [0.1, 0.15) is 30.1 Å². The molecule has 1 fully saturated rings. The number of nitrogens with two attached hydrogens (primary N) is 1. The quantitative estimate of drug-likeness (QED) is 0.899. The maximum Gasteiger partial charge on any atom is 0.172 e. The molecule has 112 valence electrons. The van der Waals surface area contributed by atoms with Crippen LogP contribution in [0.4, 0.5) is 11.6 Å². The van der Waals surface area contributed by atoms with Gasteiger partial charge < -0.3 is 19.9 Å². The van der Waals surface area contributed by atoms with E-state index in [0.717, 1.165) is 56.9 Å². The number of ether oxygens (including phenoxy) is 1. The molecule has 0 unspecified atom stereocenters. The number of anilines is 2. The molecular weight excluding hydrogens is 270 g/mol. The van der Waals surface area contributed by atoms with E-state index in [-0.39, 0.29) is 0 Å². The molecule has 0 spiro atoms. The van der Waals surface area contributed by atoms with E-state index in [1.807, 2.05) is 6.07 Å². The largest absolute Gasteiger partial charge is 0.382 e. The molecule has 2 aliphatic heterocycles. The van der Waals surface area contributed by atoms with Gasteiger partial charge in [-0.3, -0.25) is 4.68 Å². The molecule has 4 heterocycles. The van der Waals surface area contributed by atoms with E-state index in [1.165, 1.54) is 5.69 Å². The number of fused-ring (bicyclic) bond motifs is 1. The van der Waals surface area contributed by atoms with Gasteiger partial charge in [0, 0.05) is 50.0 Å². The molecule has 2 N–H and O–H groups in total. The van der Waals surface area contributed by atoms with Crippen molar-refractivity contribution in [2.45, 2.75) is 31.8 Å². The molecule has 0 radical (unpaired) electrons. The second kappa shape index (κ2) is 5.07. The first-order valence-corrected chi connectivity index (χ1v) is 7.41. The normalized spacial score (nSPS) is 19.7. The average Bonchev–Trinajstić information content (AvgIpc) is 3.17. The van der Waals surface area contributed by atoms with Crippen LogP contribution in [0.5, 0.6) is 0 Å². The predicted molar refractivity (Wildman–Crippen MR) is 77.0 cm³/mol. The van der Waals surface area contributed by atoms with Crippen molar-refractivity contribution in [1.29, 1.82) is 0 Å². The summed E-state index contributed by atoms with van der Waals surface area (Å²) >= 11 is 0. The summed E-state index contributed by atoms with van der Waals surface area (Å²) in [6.45, 7) is 3.28. The average molecular weight is 289 g/mol. The van der Waals surface area contributed by atoms with E-state index < -0.39 is 0 Å². The van der Waals surface area contributed by atoms with Crippen molar-refractivity contribution in [2.24, 2.45) is 0 Å². The third kappa shape index (κ3) is 2.17. The first-order valence-electron chi connectivity index (χ1n) is 7.41. The highest BCUT2D eigenvalue weighted by Crippen LogP contribution is 2.31. The van der Waals surface area contributed by atoms with E-state index in [9.17, 15) is 0 Å². The molecular formula is C14H19N5O2. The Labute approximate surface area is 122 Å². The molecule has 0 saturated carbocycles. The minimum Gasteiger partial charge on any atom is -0.382 e. The Morgan fingerprint density at radius 2 is 2.14 bits per heavy atom. The fourth-order valence-electron chi connectivity index (χ4n) is 3.27. The van der Waals surface area contributed by atoms with Gasteiger partial charge >= 0.3 is 0 Å². The molecule has 7 nitrogen and oxygen atoms in total. The fraction of sp³-hybridized carbons (Fsp3) is 0.571. The van der Waals surface area contributed by atoms with Crippen LogP contribution in [0.25, 0.3) is 0 Å². The van der Waals surface area contributed by atoms with Gasteiger partial charge in [-0.1, -0.05) is 5.16 Å². The Bertz CT molecular complexity index is 616. The first kappa shape index (κ1) is 12.7. The second-order valence-electron chi connectivity index (χ2n) is 5.63. The monoisotopic (exact) mass is 289 g/mol. The zero-order valence-corrected chi connectivity index (χ0v) is 11.9. The van der Waals surface area contributed by atoms with Gasteiger partial charge in [0.25, 0.3) is 0 Å². The molecule has 7 heteroatoms. The van der Waals surface area contributed by atoms with Gasteiger partial charge in [0.05, 0.1) is 6.04 Å². The molecule has 21 heavy (non-hydrogen) atoms. The van der Waals surface area contributed by atoms with Crippen molar-refractivity contribution < 1.29 is 9.26 Å². The lowest BCUT2D eigenvalue weighted by Crippen LogP contribution is -2.32. The number of aromatic nitrogens is 3. The van der Waals surface area contributed by atoms with Gasteiger partial charge in [-0.25, -0.2) is 0 Å². The van der Waals surface area contributed by atoms with E-state index >= 15 is 0 Å². The standard InChI is InChI=1S/C14H19N5O2/c15-14-11-9-18(13-4-8-21-17-13)5-1-12(11)19(16-14)10-2-6-20-7-3-10/h4,8,10H,1-3,5-7,9H2,(H2,15,16). The summed E-state index contributed by atoms with van der Waals surface area (Å²) in [4.78, 5) is 2.18. The lowest BCUT2D eigenvalue weighted by Gasteiger charge is -2.29. The molecule has 4 rings (SSSR count). The molecule has 2 aromatic rings. The molecule has 2 aliphatic rings. The third-order valence-corrected chi connectivity index (χ3v) is 4.40. The van der Waals surface area contributed by atoms with Crippen LogP contribution < -0.4 is 10.6 Å². The summed E-state index contributed by atoms with van der Waals surface area (Å²) in [7, 11) is 0. The Kier molecular flexibility index (Phi) is 3.07. The Morgan fingerprint density at radius 3 is 2.90 bits per heavy atom. The van der Waals surface area contributed by atoms with Crippen LogP contribution in [0, 0.1) is 0 Å². The van der Waals surface area contributed by atoms with Crippen molar-refractivity contribution in [3.8, 4) is 0 Å². The molecule has 0 bridgehead atoms. The fourth-order valence-corrected chi connectivity index (χ4v) is 3.27. The summed E-state index contributed by atoms with van der Waals surface area (Å²) in [6.07, 6.45) is 4.56. The topological polar surface area (TPSA) is 82.3 Å². The third-order valence-electron chi connectivity index (χ3n) is 4.40. The Hall–Kier alpha value is -2.02. The van der Waals surface area contributed by atoms with Crippen molar-refractivity contribution in [1.82, 2.24) is 14.9 Å². The first-order chi connectivity index (χ1) is 10.3. The summed E-state index contributed by atoms with van der Waals surface area (Å²) < 4.78 is 12.5. The number of nitrogen functional groups attached to an aromatic ring is 1. The number of hydrogen-bond acceptors (Lipinski definition) is 6. The highest BCUT2D eigenvalue weighted by molar-refractivity contribution is 5.50. The minimum absolute atomic E-state index is 0.420. The molecule has 2 aromatic heterocycles. The number of nitrogens with zero attached hydrogens (tertiary/aromatic N) is 4. The molecule has 0 amide bonds. The smallest absolute Gasteiger partial charge is 0.172 e. The van der Waals surface area contributed by atoms with E-state index in [2.05, 4.69) is 19.8 Å². The zero-order valence-electron chi connectivity index (χ0n) is 11.9. The van der Waals surface area contributed by atoms with Crippen molar-refractivity contribution in [2.75, 3.05) is 30.4 Å². The minimum atomic E-state index is 0.420. The van der Waals surface area contributed by atoms with E-state index in [1.54, 1.807) is 6.26 Å². The Balaban J connectivity index is 1.62. The van der Waals surface area contributed by atoms with Crippen LogP contribution in [-0.2, 0) is 17.7 Å². The molecule has 0 atom stereocenters. The van der Waals surface area contributed by atoms with Crippen LogP contribution in [0.2, 0.25) is 0 Å². The van der Waals surface area contributed by atoms with Gasteiger partial charge in [-0.15, -0.1) is 0 Å². The highest BCUT2D eigenvalue weighted by Gasteiger charge is 2.28. The van der Waals surface area contributed by atoms with Crippen LogP contribution in [-0.4, -0.2) is 34.7 Å². The van der Waals surface area contributed by atoms with Crippen molar-refractivity contribution in [3.05, 3.63) is 23.6 Å². The molecule has 1 saturated heterocycles. The lowest BCUT2D eigenvalue weighted by atomic mass is 10.0. The van der Waals surface area contributed by atoms with Gasteiger partial charge in [0.1, 0.15) is 6.26 Å². The van der Waals surface area contributed by atoms with Crippen molar-refractivity contribution >= 4 is 11.6 Å². The lowest BCUT2D eigenvalue weighted by molar-refractivity contribution is 0.0654. The van der Waals surface area contributed by atoms with Crippen LogP contribution in [0.3, 0.4) is 0 Å². The van der Waals surface area contributed by atoms with Crippen LogP contribution >= 0.6 is 0 Å². The maximum atomic E-state index is 6.15. The number of rotatable bonds is 2. The summed E-state index contributed by atoms with van der Waals surface area (Å²) in [6, 6.07) is 2.30. The summed E-state index contributed by atoms with van der Waals surface area (Å²) in [5, 5.41) is 8.61. The van der Waals surface area contributed by atoms with Crippen molar-refractivity contribution in [3.63, 3.8) is 0 Å². The molecule has 0 aromatic carbocycles.